The van der Waals surface area contributed by atoms with E-state index in [1.165, 1.54) is 18.4 Å². The second-order valence-electron chi connectivity index (χ2n) is 5.69. The zero-order valence-corrected chi connectivity index (χ0v) is 15.6. The van der Waals surface area contributed by atoms with E-state index in [0.29, 0.717) is 21.0 Å². The molecular weight excluding hydrogens is 386 g/mol. The van der Waals surface area contributed by atoms with E-state index in [0.717, 1.165) is 10.1 Å². The molecule has 1 aliphatic heterocycles. The van der Waals surface area contributed by atoms with Crippen molar-refractivity contribution in [3.63, 3.8) is 0 Å². The number of carbonyl (C=O) groups excluding carboxylic acids is 2. The van der Waals surface area contributed by atoms with Crippen LogP contribution < -0.4 is 0 Å². The highest BCUT2D eigenvalue weighted by Gasteiger charge is 2.27. The normalized spacial score (nSPS) is 15.1. The van der Waals surface area contributed by atoms with E-state index >= 15 is 0 Å². The molecule has 7 heteroatoms. The van der Waals surface area contributed by atoms with Crippen molar-refractivity contribution in [1.82, 2.24) is 0 Å². The fraction of sp³-hybridized carbons (Fsp3) is 0.0500. The summed E-state index contributed by atoms with van der Waals surface area (Å²) < 4.78 is 11.0. The molecule has 0 saturated heterocycles. The average molecular weight is 398 g/mol. The van der Waals surface area contributed by atoms with Gasteiger partial charge in [0.25, 0.3) is 0 Å². The summed E-state index contributed by atoms with van der Waals surface area (Å²) in [4.78, 5) is 28.6. The van der Waals surface area contributed by atoms with E-state index < -0.39 is 11.9 Å². The van der Waals surface area contributed by atoms with Gasteiger partial charge in [0.2, 0.25) is 5.90 Å². The molecule has 0 N–H and O–H groups in total. The van der Waals surface area contributed by atoms with Gasteiger partial charge >= 0.3 is 11.9 Å². The van der Waals surface area contributed by atoms with Gasteiger partial charge in [-0.2, -0.15) is 0 Å². The number of carbonyl (C=O) groups is 2. The standard InChI is InChI=1S/C20H12ClNO4S/c1-25-19(23)12-8-6-11(7-9-12)10-14-20(24)26-18(22-14)17-16(21)13-4-2-3-5-15(13)27-17/h2-10H,1H3. The van der Waals surface area contributed by atoms with Crippen LogP contribution in [0.4, 0.5) is 0 Å². The maximum absolute atomic E-state index is 12.2. The Morgan fingerprint density at radius 1 is 1.19 bits per heavy atom. The van der Waals surface area contributed by atoms with Crippen molar-refractivity contribution in [2.45, 2.75) is 0 Å². The molecule has 4 rings (SSSR count). The lowest BCUT2D eigenvalue weighted by atomic mass is 10.1. The van der Waals surface area contributed by atoms with Crippen molar-refractivity contribution in [2.75, 3.05) is 7.11 Å². The molecule has 0 radical (unpaired) electrons. The molecule has 0 amide bonds. The molecule has 3 aromatic rings. The first kappa shape index (κ1) is 17.5. The summed E-state index contributed by atoms with van der Waals surface area (Å²) in [7, 11) is 1.32. The molecule has 1 aromatic heterocycles. The monoisotopic (exact) mass is 397 g/mol. The number of benzene rings is 2. The van der Waals surface area contributed by atoms with Crippen molar-refractivity contribution in [3.05, 3.63) is 75.3 Å². The van der Waals surface area contributed by atoms with E-state index in [-0.39, 0.29) is 11.6 Å². The van der Waals surface area contributed by atoms with Gasteiger partial charge in [0.05, 0.1) is 17.7 Å². The van der Waals surface area contributed by atoms with Crippen LogP contribution in [0.25, 0.3) is 16.2 Å². The van der Waals surface area contributed by atoms with E-state index in [1.54, 1.807) is 30.3 Å². The summed E-state index contributed by atoms with van der Waals surface area (Å²) >= 11 is 7.85. The number of aliphatic imine (C=N–C) groups is 1. The fourth-order valence-electron chi connectivity index (χ4n) is 2.65. The molecule has 0 unspecified atom stereocenters. The highest BCUT2D eigenvalue weighted by molar-refractivity contribution is 7.21. The van der Waals surface area contributed by atoms with Crippen LogP contribution >= 0.6 is 22.9 Å². The van der Waals surface area contributed by atoms with Crippen molar-refractivity contribution >= 4 is 56.9 Å². The Morgan fingerprint density at radius 3 is 2.63 bits per heavy atom. The van der Waals surface area contributed by atoms with E-state index in [2.05, 4.69) is 9.73 Å². The van der Waals surface area contributed by atoms with Crippen LogP contribution in [0.15, 0.2) is 59.2 Å². The van der Waals surface area contributed by atoms with E-state index in [4.69, 9.17) is 16.3 Å². The first-order valence-electron chi connectivity index (χ1n) is 7.95. The van der Waals surface area contributed by atoms with Gasteiger partial charge in [0.15, 0.2) is 5.70 Å². The number of methoxy groups -OCH3 is 1. The van der Waals surface area contributed by atoms with Crippen LogP contribution in [0.1, 0.15) is 20.8 Å². The molecule has 0 bridgehead atoms. The first-order valence-corrected chi connectivity index (χ1v) is 9.14. The number of esters is 2. The molecule has 0 fully saturated rings. The Morgan fingerprint density at radius 2 is 1.93 bits per heavy atom. The molecule has 0 aliphatic carbocycles. The summed E-state index contributed by atoms with van der Waals surface area (Å²) in [5, 5.41) is 1.42. The maximum atomic E-state index is 12.2. The van der Waals surface area contributed by atoms with Crippen LogP contribution in [0.3, 0.4) is 0 Å². The van der Waals surface area contributed by atoms with Crippen LogP contribution in [-0.2, 0) is 14.3 Å². The van der Waals surface area contributed by atoms with Gasteiger partial charge in [0.1, 0.15) is 4.88 Å². The number of cyclic esters (lactones) is 1. The molecule has 1 aliphatic rings. The Hall–Kier alpha value is -2.96. The molecule has 5 nitrogen and oxygen atoms in total. The van der Waals surface area contributed by atoms with Crippen LogP contribution in [0.2, 0.25) is 5.02 Å². The SMILES string of the molecule is COC(=O)c1ccc(C=C2N=C(c3sc4ccccc4c3Cl)OC2=O)cc1. The number of nitrogens with zero attached hydrogens (tertiary/aromatic N) is 1. The molecular formula is C20H12ClNO4S. The number of ether oxygens (including phenoxy) is 2. The largest absolute Gasteiger partial charge is 0.465 e. The summed E-state index contributed by atoms with van der Waals surface area (Å²) in [6, 6.07) is 14.3. The topological polar surface area (TPSA) is 65.0 Å². The lowest BCUT2D eigenvalue weighted by Gasteiger charge is -1.99. The van der Waals surface area contributed by atoms with Crippen molar-refractivity contribution in [2.24, 2.45) is 4.99 Å². The predicted octanol–water partition coefficient (Wildman–Crippen LogP) is 4.69. The molecule has 2 heterocycles. The minimum atomic E-state index is -0.546. The van der Waals surface area contributed by atoms with Gasteiger partial charge in [-0.25, -0.2) is 14.6 Å². The Balaban J connectivity index is 1.67. The number of hydrogen-bond acceptors (Lipinski definition) is 6. The third kappa shape index (κ3) is 3.25. The maximum Gasteiger partial charge on any atom is 0.363 e. The molecule has 0 spiro atoms. The smallest absolute Gasteiger partial charge is 0.363 e. The van der Waals surface area contributed by atoms with E-state index in [9.17, 15) is 9.59 Å². The summed E-state index contributed by atoms with van der Waals surface area (Å²) in [6.45, 7) is 0. The number of thiophene rings is 1. The second-order valence-corrected chi connectivity index (χ2v) is 7.12. The van der Waals surface area contributed by atoms with Crippen molar-refractivity contribution in [1.29, 1.82) is 0 Å². The molecule has 27 heavy (non-hydrogen) atoms. The number of fused-ring (bicyclic) bond motifs is 1. The summed E-state index contributed by atoms with van der Waals surface area (Å²) in [5.41, 5.74) is 1.31. The van der Waals surface area contributed by atoms with Gasteiger partial charge in [-0.1, -0.05) is 41.9 Å². The highest BCUT2D eigenvalue weighted by Crippen LogP contribution is 2.37. The number of rotatable bonds is 3. The van der Waals surface area contributed by atoms with Crippen LogP contribution in [-0.4, -0.2) is 24.9 Å². The molecule has 0 atom stereocenters. The lowest BCUT2D eigenvalue weighted by molar-refractivity contribution is -0.129. The van der Waals surface area contributed by atoms with Crippen molar-refractivity contribution < 1.29 is 19.1 Å². The van der Waals surface area contributed by atoms with Gasteiger partial charge in [-0.15, -0.1) is 11.3 Å². The van der Waals surface area contributed by atoms with E-state index in [1.807, 2.05) is 24.3 Å². The molecule has 2 aromatic carbocycles. The van der Waals surface area contributed by atoms with Gasteiger partial charge in [0, 0.05) is 10.1 Å². The summed E-state index contributed by atoms with van der Waals surface area (Å²) in [5.74, 6) is -0.770. The molecule has 134 valence electrons. The summed E-state index contributed by atoms with van der Waals surface area (Å²) in [6.07, 6.45) is 1.59. The zero-order valence-electron chi connectivity index (χ0n) is 14.1. The Kier molecular flexibility index (Phi) is 4.51. The van der Waals surface area contributed by atoms with Crippen LogP contribution in [0.5, 0.6) is 0 Å². The predicted molar refractivity (Wildman–Crippen MR) is 105 cm³/mol. The van der Waals surface area contributed by atoms with Crippen molar-refractivity contribution in [3.8, 4) is 0 Å². The third-order valence-corrected chi connectivity index (χ3v) is 5.65. The van der Waals surface area contributed by atoms with Gasteiger partial charge in [-0.3, -0.25) is 0 Å². The molecule has 0 saturated carbocycles. The third-order valence-electron chi connectivity index (χ3n) is 3.98. The second kappa shape index (κ2) is 6.98. The Labute approximate surface area is 163 Å². The van der Waals surface area contributed by atoms with Crippen LogP contribution in [0, 0.1) is 0 Å². The lowest BCUT2D eigenvalue weighted by Crippen LogP contribution is -2.04. The Bertz CT molecular complexity index is 1130. The number of hydrogen-bond donors (Lipinski definition) is 0. The average Bonchev–Trinajstić information content (AvgIpc) is 3.22. The minimum absolute atomic E-state index is 0.171. The van der Waals surface area contributed by atoms with Gasteiger partial charge in [-0.05, 0) is 29.8 Å². The van der Waals surface area contributed by atoms with Gasteiger partial charge < -0.3 is 9.47 Å². The first-order chi connectivity index (χ1) is 13.1. The quantitative estimate of drug-likeness (QED) is 0.475. The zero-order chi connectivity index (χ0) is 19.0. The number of halogens is 1. The minimum Gasteiger partial charge on any atom is -0.465 e. The highest BCUT2D eigenvalue weighted by atomic mass is 35.5. The fourth-order valence-corrected chi connectivity index (χ4v) is 4.09.